The van der Waals surface area contributed by atoms with E-state index in [9.17, 15) is 0 Å². The average Bonchev–Trinajstić information content (AvgIpc) is 2.60. The molecule has 0 aliphatic carbocycles. The third-order valence-electron chi connectivity index (χ3n) is 4.31. The minimum atomic E-state index is 1.04. The van der Waals surface area contributed by atoms with Crippen LogP contribution in [0.15, 0.2) is 42.5 Å². The van der Waals surface area contributed by atoms with Crippen LogP contribution in [0.5, 0.6) is 0 Å². The number of rotatable bonds is 6. The van der Waals surface area contributed by atoms with Gasteiger partial charge in [-0.15, -0.1) is 0 Å². The summed E-state index contributed by atoms with van der Waals surface area (Å²) >= 11 is 0. The topological polar surface area (TPSA) is 0 Å². The Bertz CT molecular complexity index is 556. The summed E-state index contributed by atoms with van der Waals surface area (Å²) in [6.45, 7) is 15.3. The van der Waals surface area contributed by atoms with Crippen LogP contribution < -0.4 is 0 Å². The summed E-state index contributed by atoms with van der Waals surface area (Å²) < 4.78 is 0. The average molecular weight is 355 g/mol. The molecule has 0 nitrogen and oxygen atoms in total. The number of hydrogen-bond acceptors (Lipinski definition) is 0. The van der Waals surface area contributed by atoms with E-state index in [4.69, 9.17) is 0 Å². The number of unbranched alkanes of at least 4 members (excludes halogenated alkanes) is 4. The second-order valence-corrected chi connectivity index (χ2v) is 7.30. The number of aryl methyl sites for hydroxylation is 3. The van der Waals surface area contributed by atoms with Gasteiger partial charge in [-0.25, -0.2) is 0 Å². The molecule has 0 amide bonds. The van der Waals surface area contributed by atoms with Crippen LogP contribution in [0.3, 0.4) is 0 Å². The minimum absolute atomic E-state index is 1.04. The van der Waals surface area contributed by atoms with Crippen LogP contribution in [0.1, 0.15) is 94.0 Å². The van der Waals surface area contributed by atoms with Gasteiger partial charge >= 0.3 is 0 Å². The molecular weight excluding hydrogens is 312 g/mol. The van der Waals surface area contributed by atoms with Gasteiger partial charge in [0.15, 0.2) is 0 Å². The van der Waals surface area contributed by atoms with Crippen molar-refractivity contribution in [1.29, 1.82) is 0 Å². The Morgan fingerprint density at radius 2 is 1.15 bits per heavy atom. The van der Waals surface area contributed by atoms with E-state index < -0.39 is 0 Å². The monoisotopic (exact) mass is 354 g/mol. The molecule has 0 heterocycles. The van der Waals surface area contributed by atoms with Crippen molar-refractivity contribution in [2.45, 2.75) is 93.4 Å². The number of hydrogen-bond donors (Lipinski definition) is 0. The zero-order valence-corrected chi connectivity index (χ0v) is 18.5. The van der Waals surface area contributed by atoms with Gasteiger partial charge in [0.2, 0.25) is 0 Å². The van der Waals surface area contributed by atoms with E-state index in [0.717, 1.165) is 6.42 Å². The maximum absolute atomic E-state index is 2.27. The van der Waals surface area contributed by atoms with E-state index in [2.05, 4.69) is 90.9 Å². The third kappa shape index (κ3) is 11.1. The van der Waals surface area contributed by atoms with Crippen molar-refractivity contribution >= 4 is 0 Å². The Balaban J connectivity index is 0.000000526. The smallest absolute Gasteiger partial charge is 0.00204 e. The lowest BCUT2D eigenvalue weighted by Crippen LogP contribution is -1.95. The van der Waals surface area contributed by atoms with Gasteiger partial charge in [-0.3, -0.25) is 0 Å². The molecule has 0 N–H and O–H groups in total. The molecule has 2 aromatic rings. The van der Waals surface area contributed by atoms with Crippen LogP contribution in [0.4, 0.5) is 0 Å². The Morgan fingerprint density at radius 1 is 0.654 bits per heavy atom. The largest absolute Gasteiger partial charge is 0.0656 e. The molecule has 0 fully saturated rings. The first kappa shape index (κ1) is 24.4. The van der Waals surface area contributed by atoms with Gasteiger partial charge in [0.1, 0.15) is 0 Å². The molecule has 0 aliphatic heterocycles. The third-order valence-corrected chi connectivity index (χ3v) is 4.31. The molecule has 0 bridgehead atoms. The van der Waals surface area contributed by atoms with Crippen molar-refractivity contribution < 1.29 is 0 Å². The van der Waals surface area contributed by atoms with Gasteiger partial charge in [0, 0.05) is 0 Å². The molecule has 0 spiro atoms. The fourth-order valence-corrected chi connectivity index (χ4v) is 2.83. The van der Waals surface area contributed by atoms with Gasteiger partial charge in [0.25, 0.3) is 0 Å². The Morgan fingerprint density at radius 3 is 1.62 bits per heavy atom. The van der Waals surface area contributed by atoms with Crippen LogP contribution in [-0.2, 0) is 6.42 Å². The first-order valence-electron chi connectivity index (χ1n) is 10.6. The lowest BCUT2D eigenvalue weighted by molar-refractivity contribution is 0.656. The highest BCUT2D eigenvalue weighted by molar-refractivity contribution is 5.38. The molecule has 0 atom stereocenters. The van der Waals surface area contributed by atoms with Gasteiger partial charge in [-0.2, -0.15) is 0 Å². The fourth-order valence-electron chi connectivity index (χ4n) is 2.83. The number of benzene rings is 2. The quantitative estimate of drug-likeness (QED) is 0.455. The van der Waals surface area contributed by atoms with Crippen LogP contribution in [0, 0.1) is 20.8 Å². The van der Waals surface area contributed by atoms with Crippen molar-refractivity contribution in [2.75, 3.05) is 0 Å². The molecule has 0 saturated heterocycles. The van der Waals surface area contributed by atoms with E-state index in [0.29, 0.717) is 0 Å². The van der Waals surface area contributed by atoms with Crippen LogP contribution in [0.25, 0.3) is 0 Å². The van der Waals surface area contributed by atoms with E-state index in [1.165, 1.54) is 66.3 Å². The van der Waals surface area contributed by atoms with Crippen molar-refractivity contribution in [3.8, 4) is 0 Å². The summed E-state index contributed by atoms with van der Waals surface area (Å²) in [7, 11) is 0. The summed E-state index contributed by atoms with van der Waals surface area (Å²) in [6.07, 6.45) is 9.30. The van der Waals surface area contributed by atoms with Crippen molar-refractivity contribution in [2.24, 2.45) is 0 Å². The molecule has 26 heavy (non-hydrogen) atoms. The van der Waals surface area contributed by atoms with E-state index in [1.807, 2.05) is 0 Å². The maximum atomic E-state index is 2.27. The van der Waals surface area contributed by atoms with Crippen molar-refractivity contribution in [3.63, 3.8) is 0 Å². The zero-order valence-electron chi connectivity index (χ0n) is 18.5. The summed E-state index contributed by atoms with van der Waals surface area (Å²) in [5, 5.41) is 0. The molecule has 0 saturated carbocycles. The predicted molar refractivity (Wildman–Crippen MR) is 120 cm³/mol. The van der Waals surface area contributed by atoms with E-state index >= 15 is 0 Å². The van der Waals surface area contributed by atoms with Gasteiger partial charge in [-0.1, -0.05) is 114 Å². The molecule has 0 radical (unpaired) electrons. The lowest BCUT2D eigenvalue weighted by Gasteiger charge is -2.10. The highest BCUT2D eigenvalue weighted by atomic mass is 14.1. The molecule has 146 valence electrons. The molecule has 0 heteroatoms. The Labute approximate surface area is 164 Å². The summed E-state index contributed by atoms with van der Waals surface area (Å²) in [5.74, 6) is 0. The summed E-state index contributed by atoms with van der Waals surface area (Å²) in [6, 6.07) is 15.3. The summed E-state index contributed by atoms with van der Waals surface area (Å²) in [4.78, 5) is 0. The highest BCUT2D eigenvalue weighted by Gasteiger charge is 2.03. The molecule has 2 aromatic carbocycles. The lowest BCUT2D eigenvalue weighted by atomic mass is 9.95. The van der Waals surface area contributed by atoms with Crippen LogP contribution in [0.2, 0.25) is 0 Å². The minimum Gasteiger partial charge on any atom is -0.0656 e. The second kappa shape index (κ2) is 15.7. The standard InChI is InChI=1S/C16H18.C7H16.C3H8/c1-12-6-4-9-15(10-12)11-16-13(2)7-5-8-14(16)3;1-3-5-7-6-4-2;1-3-2/h4-10H,11H2,1-3H3;3-7H2,1-2H3;3H2,1-2H3. The molecule has 0 unspecified atom stereocenters. The predicted octanol–water partition coefficient (Wildman–Crippen LogP) is 8.60. The zero-order chi connectivity index (χ0) is 19.8. The Hall–Kier alpha value is -1.56. The summed E-state index contributed by atoms with van der Waals surface area (Å²) in [5.41, 5.74) is 6.98. The van der Waals surface area contributed by atoms with E-state index in [-0.39, 0.29) is 0 Å². The normalized spacial score (nSPS) is 9.65. The van der Waals surface area contributed by atoms with Crippen molar-refractivity contribution in [1.82, 2.24) is 0 Å². The molecule has 2 rings (SSSR count). The molecular formula is C26H42. The van der Waals surface area contributed by atoms with Crippen molar-refractivity contribution in [3.05, 3.63) is 70.3 Å². The van der Waals surface area contributed by atoms with Gasteiger partial charge in [-0.05, 0) is 49.4 Å². The SMILES string of the molecule is CCC.CCCCCCC.Cc1cccc(Cc2c(C)cccc2C)c1. The molecule has 0 aliphatic rings. The highest BCUT2D eigenvalue weighted by Crippen LogP contribution is 2.18. The fraction of sp³-hybridized carbons (Fsp3) is 0.538. The van der Waals surface area contributed by atoms with Gasteiger partial charge < -0.3 is 0 Å². The first-order chi connectivity index (χ1) is 12.5. The maximum Gasteiger partial charge on any atom is -0.00204 e. The Kier molecular flexibility index (Phi) is 14.7. The van der Waals surface area contributed by atoms with Gasteiger partial charge in [0.05, 0.1) is 0 Å². The first-order valence-corrected chi connectivity index (χ1v) is 10.6. The van der Waals surface area contributed by atoms with E-state index in [1.54, 1.807) is 0 Å². The van der Waals surface area contributed by atoms with Crippen LogP contribution in [-0.4, -0.2) is 0 Å². The molecule has 0 aromatic heterocycles. The van der Waals surface area contributed by atoms with Crippen LogP contribution >= 0.6 is 0 Å². The second-order valence-electron chi connectivity index (χ2n) is 7.30.